The third-order valence-electron chi connectivity index (χ3n) is 8.65. The highest BCUT2D eigenvalue weighted by atomic mass is 14.5. The highest BCUT2D eigenvalue weighted by Crippen LogP contribution is 2.16. The molecule has 0 saturated carbocycles. The summed E-state index contributed by atoms with van der Waals surface area (Å²) in [6.07, 6.45) is 5.89. The van der Waals surface area contributed by atoms with Crippen molar-refractivity contribution in [2.24, 2.45) is 0 Å². The van der Waals surface area contributed by atoms with Crippen LogP contribution in [-0.4, -0.2) is 0 Å². The SMILES string of the molecule is C#CC(=C=C=C(C#CC(=C=C=C(C#CC(=C=C=C(C)c1ccccc1)C#Cc1ccc(N)cc1)c1ccccc1)c1ccccc1)C#Cc1ccc(N)cc1)c1ccccc1. The molecule has 0 saturated heterocycles. The van der Waals surface area contributed by atoms with Gasteiger partial charge in [0.2, 0.25) is 0 Å². The van der Waals surface area contributed by atoms with E-state index in [1.165, 1.54) is 0 Å². The molecule has 0 heterocycles. The lowest BCUT2D eigenvalue weighted by molar-refractivity contribution is 1.58. The van der Waals surface area contributed by atoms with Crippen molar-refractivity contribution >= 4 is 33.7 Å². The van der Waals surface area contributed by atoms with E-state index in [-0.39, 0.29) is 0 Å². The Hall–Kier alpha value is -9.38. The lowest BCUT2D eigenvalue weighted by atomic mass is 10.0. The summed E-state index contributed by atoms with van der Waals surface area (Å²) in [4.78, 5) is 0. The number of hydrogen-bond donors (Lipinski definition) is 2. The highest BCUT2D eigenvalue weighted by Gasteiger charge is 2.00. The van der Waals surface area contributed by atoms with Crippen LogP contribution in [0.3, 0.4) is 0 Å². The number of nitrogen functional groups attached to an aromatic ring is 2. The minimum Gasteiger partial charge on any atom is -0.399 e. The Bertz CT molecular complexity index is 3180. The summed E-state index contributed by atoms with van der Waals surface area (Å²) in [6.45, 7) is 1.98. The van der Waals surface area contributed by atoms with E-state index < -0.39 is 0 Å². The molecule has 2 nitrogen and oxygen atoms in total. The fraction of sp³-hybridized carbons (Fsp3) is 0.0169. The standard InChI is InChI=1S/C59H36N2/c1-3-51(53-18-10-5-11-19-53)37-30-48(27-29-50-35-44-59(61)45-36-50)32-39-57(55-22-14-7-15-23-55)41-40-56(54-20-12-6-13-21-54)38-31-47(26-28-49-33-42-58(60)43-34-49)25-24-46(2)52-16-8-4-9-17-52/h1,4-23,33-36,42-45H,60-61H2,2H3. The molecule has 0 atom stereocenters. The second kappa shape index (κ2) is 21.8. The molecule has 6 aromatic rings. The number of rotatable bonds is 4. The Morgan fingerprint density at radius 3 is 1.10 bits per heavy atom. The van der Waals surface area contributed by atoms with E-state index >= 15 is 0 Å². The Morgan fingerprint density at radius 2 is 0.705 bits per heavy atom. The first-order valence-electron chi connectivity index (χ1n) is 19.2. The maximum atomic E-state index is 5.91. The van der Waals surface area contributed by atoms with Gasteiger partial charge in [0.25, 0.3) is 0 Å². The average Bonchev–Trinajstić information content (AvgIpc) is 3.31. The molecular weight excluding hydrogens is 737 g/mol. The van der Waals surface area contributed by atoms with Crippen molar-refractivity contribution in [1.82, 2.24) is 0 Å². The third-order valence-corrected chi connectivity index (χ3v) is 8.65. The summed E-state index contributed by atoms with van der Waals surface area (Å²) in [5.41, 5.74) is 40.9. The van der Waals surface area contributed by atoms with Gasteiger partial charge in [-0.25, -0.2) is 0 Å². The monoisotopic (exact) mass is 772 g/mol. The van der Waals surface area contributed by atoms with Crippen molar-refractivity contribution in [3.05, 3.63) is 249 Å². The van der Waals surface area contributed by atoms with E-state index in [1.807, 2.05) is 165 Å². The number of anilines is 2. The van der Waals surface area contributed by atoms with Crippen LogP contribution < -0.4 is 11.5 Å². The van der Waals surface area contributed by atoms with Gasteiger partial charge in [-0.3, -0.25) is 0 Å². The van der Waals surface area contributed by atoms with Crippen LogP contribution >= 0.6 is 0 Å². The third kappa shape index (κ3) is 13.1. The van der Waals surface area contributed by atoms with Crippen molar-refractivity contribution in [2.45, 2.75) is 6.92 Å². The van der Waals surface area contributed by atoms with E-state index in [1.54, 1.807) is 12.1 Å². The molecule has 0 spiro atoms. The first-order valence-corrected chi connectivity index (χ1v) is 19.2. The van der Waals surface area contributed by atoms with Gasteiger partial charge in [0, 0.05) is 28.1 Å². The van der Waals surface area contributed by atoms with Crippen LogP contribution in [0.25, 0.3) is 22.3 Å². The molecule has 0 fully saturated rings. The van der Waals surface area contributed by atoms with Gasteiger partial charge < -0.3 is 11.5 Å². The van der Waals surface area contributed by atoms with Gasteiger partial charge in [0.1, 0.15) is 11.1 Å². The summed E-state index contributed by atoms with van der Waals surface area (Å²) in [5.74, 6) is 28.4. The lowest BCUT2D eigenvalue weighted by Crippen LogP contribution is -1.83. The van der Waals surface area contributed by atoms with Crippen LogP contribution in [0.4, 0.5) is 11.4 Å². The molecule has 2 heteroatoms. The second-order valence-electron chi connectivity index (χ2n) is 13.1. The first-order chi connectivity index (χ1) is 29.9. The quantitative estimate of drug-likeness (QED) is 0.107. The van der Waals surface area contributed by atoms with Crippen LogP contribution in [0.2, 0.25) is 0 Å². The van der Waals surface area contributed by atoms with Crippen molar-refractivity contribution in [3.63, 3.8) is 0 Å². The number of hydrogen-bond acceptors (Lipinski definition) is 2. The molecule has 0 aromatic heterocycles. The number of allylic oxidation sites excluding steroid dienone is 6. The van der Waals surface area contributed by atoms with Crippen LogP contribution in [-0.2, 0) is 0 Å². The Balaban J connectivity index is 1.57. The largest absolute Gasteiger partial charge is 0.399 e. The zero-order chi connectivity index (χ0) is 42.5. The van der Waals surface area contributed by atoms with Crippen LogP contribution in [0, 0.1) is 59.7 Å². The maximum absolute atomic E-state index is 5.91. The fourth-order valence-electron chi connectivity index (χ4n) is 5.36. The smallest absolute Gasteiger partial charge is 0.125 e. The van der Waals surface area contributed by atoms with E-state index in [0.717, 1.165) is 39.0 Å². The zero-order valence-corrected chi connectivity index (χ0v) is 33.4. The molecule has 282 valence electrons. The molecule has 61 heavy (non-hydrogen) atoms. The number of nitrogens with two attached hydrogens (primary N) is 2. The van der Waals surface area contributed by atoms with Gasteiger partial charge in [-0.2, -0.15) is 0 Å². The molecule has 0 unspecified atom stereocenters. The predicted molar refractivity (Wildman–Crippen MR) is 253 cm³/mol. The van der Waals surface area contributed by atoms with Crippen molar-refractivity contribution in [2.75, 3.05) is 11.5 Å². The van der Waals surface area contributed by atoms with Gasteiger partial charge in [-0.05, 0) is 113 Å². The highest BCUT2D eigenvalue weighted by molar-refractivity contribution is 5.84. The van der Waals surface area contributed by atoms with Crippen molar-refractivity contribution in [1.29, 1.82) is 0 Å². The van der Waals surface area contributed by atoms with E-state index in [9.17, 15) is 0 Å². The second-order valence-corrected chi connectivity index (χ2v) is 13.1. The van der Waals surface area contributed by atoms with Gasteiger partial charge in [0.15, 0.2) is 0 Å². The van der Waals surface area contributed by atoms with Crippen LogP contribution in [0.1, 0.15) is 40.3 Å². The maximum Gasteiger partial charge on any atom is 0.125 e. The molecule has 6 aromatic carbocycles. The summed E-state index contributed by atoms with van der Waals surface area (Å²) in [6, 6.07) is 53.7. The molecule has 0 aliphatic rings. The summed E-state index contributed by atoms with van der Waals surface area (Å²) >= 11 is 0. The normalized spacial score (nSPS) is 8.92. The van der Waals surface area contributed by atoms with Crippen LogP contribution in [0.15, 0.2) is 215 Å². The van der Waals surface area contributed by atoms with Gasteiger partial charge >= 0.3 is 0 Å². The molecule has 0 aliphatic heterocycles. The number of benzene rings is 6. The van der Waals surface area contributed by atoms with E-state index in [2.05, 4.69) is 87.7 Å². The fourth-order valence-corrected chi connectivity index (χ4v) is 5.36. The molecule has 0 radical (unpaired) electrons. The van der Waals surface area contributed by atoms with E-state index in [4.69, 9.17) is 17.9 Å². The minimum absolute atomic E-state index is 0.364. The predicted octanol–water partition coefficient (Wildman–Crippen LogP) is 11.4. The van der Waals surface area contributed by atoms with E-state index in [0.29, 0.717) is 39.2 Å². The van der Waals surface area contributed by atoms with Gasteiger partial charge in [0.05, 0.1) is 16.7 Å². The molecule has 0 aliphatic carbocycles. The molecular formula is C59H36N2. The van der Waals surface area contributed by atoms with Crippen LogP contribution in [0.5, 0.6) is 0 Å². The number of terminal acetylenes is 1. The Morgan fingerprint density at radius 1 is 0.361 bits per heavy atom. The molecule has 0 bridgehead atoms. The molecule has 4 N–H and O–H groups in total. The topological polar surface area (TPSA) is 52.0 Å². The lowest BCUT2D eigenvalue weighted by Gasteiger charge is -1.97. The zero-order valence-electron chi connectivity index (χ0n) is 33.4. The molecule has 6 rings (SSSR count). The van der Waals surface area contributed by atoms with Gasteiger partial charge in [-0.15, -0.1) is 6.42 Å². The van der Waals surface area contributed by atoms with Crippen molar-refractivity contribution in [3.8, 4) is 59.7 Å². The summed E-state index contributed by atoms with van der Waals surface area (Å²) < 4.78 is 0. The molecule has 0 amide bonds. The average molecular weight is 773 g/mol. The Labute approximate surface area is 359 Å². The van der Waals surface area contributed by atoms with Gasteiger partial charge in [-0.1, -0.05) is 174 Å². The Kier molecular flexibility index (Phi) is 14.7. The summed E-state index contributed by atoms with van der Waals surface area (Å²) in [7, 11) is 0. The minimum atomic E-state index is 0.364. The first kappa shape index (κ1) is 41.3. The van der Waals surface area contributed by atoms with Crippen molar-refractivity contribution < 1.29 is 0 Å². The summed E-state index contributed by atoms with van der Waals surface area (Å²) in [5, 5.41) is 0.